The quantitative estimate of drug-likeness (QED) is 0.691. The number of ether oxygens (including phenoxy) is 2. The number of carbonyl (C=O) groups excluding carboxylic acids is 1. The molecule has 0 spiro atoms. The summed E-state index contributed by atoms with van der Waals surface area (Å²) in [5, 5.41) is 0.926. The van der Waals surface area contributed by atoms with Crippen molar-refractivity contribution >= 4 is 16.7 Å². The predicted octanol–water partition coefficient (Wildman–Crippen LogP) is 3.48. The van der Waals surface area contributed by atoms with Gasteiger partial charge in [0.15, 0.2) is 5.78 Å². The Morgan fingerprint density at radius 2 is 1.82 bits per heavy atom. The third kappa shape index (κ3) is 2.51. The highest BCUT2D eigenvalue weighted by Crippen LogP contribution is 2.27. The molecule has 110 valence electrons. The maximum Gasteiger partial charge on any atom is 0.198 e. The number of hydrogen-bond acceptors (Lipinski definition) is 4. The number of carbonyl (C=O) groups is 1. The maximum atomic E-state index is 12.8. The van der Waals surface area contributed by atoms with Crippen molar-refractivity contribution in [3.63, 3.8) is 0 Å². The fraction of sp³-hybridized carbons (Fsp3) is 0.111. The molecule has 0 saturated heterocycles. The molecule has 1 heterocycles. The lowest BCUT2D eigenvalue weighted by atomic mass is 10.0. The van der Waals surface area contributed by atoms with Crippen LogP contribution >= 0.6 is 0 Å². The molecule has 0 saturated carbocycles. The standard InChI is InChI=1S/C18H15NO3/c1-21-14-7-8-17(22-2)15(10-14)18(20)13-9-12-5-3-4-6-16(12)19-11-13/h3-11H,1-2H3. The Kier molecular flexibility index (Phi) is 3.74. The Morgan fingerprint density at radius 3 is 2.59 bits per heavy atom. The molecule has 3 rings (SSSR count). The third-order valence-electron chi connectivity index (χ3n) is 3.50. The summed E-state index contributed by atoms with van der Waals surface area (Å²) in [5.41, 5.74) is 1.83. The molecule has 0 atom stereocenters. The lowest BCUT2D eigenvalue weighted by Crippen LogP contribution is -2.05. The van der Waals surface area contributed by atoms with Crippen molar-refractivity contribution in [1.82, 2.24) is 4.98 Å². The van der Waals surface area contributed by atoms with Crippen LogP contribution in [0.1, 0.15) is 15.9 Å². The van der Waals surface area contributed by atoms with E-state index in [9.17, 15) is 4.79 Å². The summed E-state index contributed by atoms with van der Waals surface area (Å²) in [6, 6.07) is 14.7. The van der Waals surface area contributed by atoms with Gasteiger partial charge in [0, 0.05) is 17.1 Å². The second-order valence-electron chi connectivity index (χ2n) is 4.81. The molecule has 0 aliphatic heterocycles. The summed E-state index contributed by atoms with van der Waals surface area (Å²) >= 11 is 0. The molecule has 0 amide bonds. The van der Waals surface area contributed by atoms with Gasteiger partial charge in [-0.3, -0.25) is 9.78 Å². The van der Waals surface area contributed by atoms with Crippen LogP contribution in [0, 0.1) is 0 Å². The minimum absolute atomic E-state index is 0.144. The molecule has 0 radical (unpaired) electrons. The number of pyridine rings is 1. The van der Waals surface area contributed by atoms with Gasteiger partial charge in [-0.1, -0.05) is 18.2 Å². The van der Waals surface area contributed by atoms with Gasteiger partial charge < -0.3 is 9.47 Å². The topological polar surface area (TPSA) is 48.4 Å². The summed E-state index contributed by atoms with van der Waals surface area (Å²) in [6.07, 6.45) is 1.59. The van der Waals surface area contributed by atoms with E-state index in [1.54, 1.807) is 31.5 Å². The van der Waals surface area contributed by atoms with E-state index < -0.39 is 0 Å². The summed E-state index contributed by atoms with van der Waals surface area (Å²) < 4.78 is 10.5. The van der Waals surface area contributed by atoms with Crippen molar-refractivity contribution in [2.45, 2.75) is 0 Å². The lowest BCUT2D eigenvalue weighted by molar-refractivity contribution is 0.103. The average Bonchev–Trinajstić information content (AvgIpc) is 2.60. The second kappa shape index (κ2) is 5.85. The van der Waals surface area contributed by atoms with E-state index in [4.69, 9.17) is 9.47 Å². The van der Waals surface area contributed by atoms with Crippen molar-refractivity contribution in [3.8, 4) is 11.5 Å². The van der Waals surface area contributed by atoms with Crippen molar-refractivity contribution < 1.29 is 14.3 Å². The van der Waals surface area contributed by atoms with Crippen molar-refractivity contribution in [3.05, 3.63) is 65.9 Å². The molecule has 0 aliphatic carbocycles. The van der Waals surface area contributed by atoms with E-state index in [-0.39, 0.29) is 5.78 Å². The molecule has 0 unspecified atom stereocenters. The molecule has 0 fully saturated rings. The minimum Gasteiger partial charge on any atom is -0.497 e. The van der Waals surface area contributed by atoms with Crippen LogP contribution in [0.15, 0.2) is 54.7 Å². The van der Waals surface area contributed by atoms with Crippen LogP contribution in [0.5, 0.6) is 11.5 Å². The molecule has 3 aromatic rings. The molecule has 4 nitrogen and oxygen atoms in total. The Hall–Kier alpha value is -2.88. The van der Waals surface area contributed by atoms with Crippen LogP contribution < -0.4 is 9.47 Å². The van der Waals surface area contributed by atoms with Gasteiger partial charge in [0.05, 0.1) is 25.3 Å². The molecule has 22 heavy (non-hydrogen) atoms. The Bertz CT molecular complexity index is 843. The van der Waals surface area contributed by atoms with Crippen LogP contribution in [0.3, 0.4) is 0 Å². The first-order valence-electron chi connectivity index (χ1n) is 6.84. The number of aromatic nitrogens is 1. The van der Waals surface area contributed by atoms with Gasteiger partial charge in [-0.2, -0.15) is 0 Å². The van der Waals surface area contributed by atoms with Crippen molar-refractivity contribution in [2.24, 2.45) is 0 Å². The molecule has 1 aromatic heterocycles. The summed E-state index contributed by atoms with van der Waals surface area (Å²) in [4.78, 5) is 17.1. The second-order valence-corrected chi connectivity index (χ2v) is 4.81. The number of para-hydroxylation sites is 1. The zero-order valence-electron chi connectivity index (χ0n) is 12.4. The predicted molar refractivity (Wildman–Crippen MR) is 84.7 cm³/mol. The maximum absolute atomic E-state index is 12.8. The van der Waals surface area contributed by atoms with E-state index >= 15 is 0 Å². The first kappa shape index (κ1) is 14.1. The molecule has 2 aromatic carbocycles. The zero-order valence-corrected chi connectivity index (χ0v) is 12.4. The average molecular weight is 293 g/mol. The highest BCUT2D eigenvalue weighted by atomic mass is 16.5. The molecule has 0 aliphatic rings. The highest BCUT2D eigenvalue weighted by Gasteiger charge is 2.16. The lowest BCUT2D eigenvalue weighted by Gasteiger charge is -2.10. The number of benzene rings is 2. The van der Waals surface area contributed by atoms with Crippen LogP contribution in [0.4, 0.5) is 0 Å². The number of ketones is 1. The molecule has 0 N–H and O–H groups in total. The van der Waals surface area contributed by atoms with Gasteiger partial charge >= 0.3 is 0 Å². The molecule has 4 heteroatoms. The highest BCUT2D eigenvalue weighted by molar-refractivity contribution is 6.12. The first-order valence-corrected chi connectivity index (χ1v) is 6.84. The summed E-state index contributed by atoms with van der Waals surface area (Å²) in [7, 11) is 3.10. The van der Waals surface area contributed by atoms with Crippen LogP contribution in [-0.4, -0.2) is 25.0 Å². The number of fused-ring (bicyclic) bond motifs is 1. The molecular weight excluding hydrogens is 278 g/mol. The van der Waals surface area contributed by atoms with E-state index in [1.807, 2.05) is 30.3 Å². The number of nitrogens with zero attached hydrogens (tertiary/aromatic N) is 1. The SMILES string of the molecule is COc1ccc(OC)c(C(=O)c2cnc3ccccc3c2)c1. The monoisotopic (exact) mass is 293 g/mol. The van der Waals surface area contributed by atoms with E-state index in [0.29, 0.717) is 22.6 Å². The van der Waals surface area contributed by atoms with E-state index in [1.165, 1.54) is 7.11 Å². The summed E-state index contributed by atoms with van der Waals surface area (Å²) in [5.74, 6) is 0.978. The number of methoxy groups -OCH3 is 2. The Labute approximate surface area is 128 Å². The van der Waals surface area contributed by atoms with Crippen LogP contribution in [0.2, 0.25) is 0 Å². The zero-order chi connectivity index (χ0) is 15.5. The van der Waals surface area contributed by atoms with Crippen molar-refractivity contribution in [1.29, 1.82) is 0 Å². The molecular formula is C18H15NO3. The molecule has 0 bridgehead atoms. The Balaban J connectivity index is 2.08. The smallest absolute Gasteiger partial charge is 0.198 e. The van der Waals surface area contributed by atoms with Gasteiger partial charge in [0.2, 0.25) is 0 Å². The van der Waals surface area contributed by atoms with E-state index in [0.717, 1.165) is 10.9 Å². The van der Waals surface area contributed by atoms with E-state index in [2.05, 4.69) is 4.98 Å². The van der Waals surface area contributed by atoms with Crippen LogP contribution in [-0.2, 0) is 0 Å². The number of hydrogen-bond donors (Lipinski definition) is 0. The normalized spacial score (nSPS) is 10.5. The van der Waals surface area contributed by atoms with Gasteiger partial charge in [0.1, 0.15) is 11.5 Å². The van der Waals surface area contributed by atoms with Gasteiger partial charge in [-0.05, 0) is 30.3 Å². The van der Waals surface area contributed by atoms with Gasteiger partial charge in [0.25, 0.3) is 0 Å². The third-order valence-corrected chi connectivity index (χ3v) is 3.50. The number of rotatable bonds is 4. The minimum atomic E-state index is -0.144. The largest absolute Gasteiger partial charge is 0.497 e. The first-order chi connectivity index (χ1) is 10.7. The fourth-order valence-corrected chi connectivity index (χ4v) is 2.34. The summed E-state index contributed by atoms with van der Waals surface area (Å²) in [6.45, 7) is 0. The van der Waals surface area contributed by atoms with Crippen LogP contribution in [0.25, 0.3) is 10.9 Å². The van der Waals surface area contributed by atoms with Gasteiger partial charge in [-0.25, -0.2) is 0 Å². The van der Waals surface area contributed by atoms with Gasteiger partial charge in [-0.15, -0.1) is 0 Å². The van der Waals surface area contributed by atoms with Crippen molar-refractivity contribution in [2.75, 3.05) is 14.2 Å². The fourth-order valence-electron chi connectivity index (χ4n) is 2.34. The Morgan fingerprint density at radius 1 is 1.00 bits per heavy atom.